The normalized spacial score (nSPS) is 31.2. The molecule has 0 unspecified atom stereocenters. The highest BCUT2D eigenvalue weighted by Gasteiger charge is 2.30. The minimum Gasteiger partial charge on any atom is -0.204 e. The van der Waals surface area contributed by atoms with Gasteiger partial charge in [-0.1, -0.05) is 25.7 Å². The standard InChI is InChI=1S/C19H26ClF3Si/c20-24-9-7-16(8-10-24)15-5-3-13(4-6-15)1-2-14-11-17(21)19(23)18(22)12-14/h11-13,15-16,24H,1-10H2/t13-,15-,16?,24?. The maximum Gasteiger partial charge on any atom is 0.194 e. The molecule has 0 spiro atoms. The summed E-state index contributed by atoms with van der Waals surface area (Å²) in [5.41, 5.74) is 0.568. The van der Waals surface area contributed by atoms with E-state index in [4.69, 9.17) is 11.1 Å². The summed E-state index contributed by atoms with van der Waals surface area (Å²) in [5, 5.41) is 0. The summed E-state index contributed by atoms with van der Waals surface area (Å²) in [6, 6.07) is 4.87. The van der Waals surface area contributed by atoms with E-state index in [0.29, 0.717) is 17.9 Å². The fourth-order valence-electron chi connectivity index (χ4n) is 4.62. The molecule has 2 aliphatic rings. The van der Waals surface area contributed by atoms with Crippen molar-refractivity contribution in [1.82, 2.24) is 0 Å². The Bertz CT molecular complexity index is 527. The van der Waals surface area contributed by atoms with Gasteiger partial charge >= 0.3 is 0 Å². The Morgan fingerprint density at radius 1 is 0.875 bits per heavy atom. The molecular formula is C19H26ClF3Si. The summed E-state index contributed by atoms with van der Waals surface area (Å²) in [4.78, 5) is 0. The van der Waals surface area contributed by atoms with Crippen molar-refractivity contribution < 1.29 is 13.2 Å². The van der Waals surface area contributed by atoms with Crippen LogP contribution in [0.2, 0.25) is 12.1 Å². The smallest absolute Gasteiger partial charge is 0.194 e. The van der Waals surface area contributed by atoms with E-state index in [2.05, 4.69) is 0 Å². The minimum atomic E-state index is -1.37. The van der Waals surface area contributed by atoms with Crippen LogP contribution in [0.5, 0.6) is 0 Å². The number of benzene rings is 1. The van der Waals surface area contributed by atoms with E-state index in [-0.39, 0.29) is 0 Å². The molecule has 1 saturated heterocycles. The molecule has 0 radical (unpaired) electrons. The van der Waals surface area contributed by atoms with Gasteiger partial charge in [0.05, 0.1) is 0 Å². The Balaban J connectivity index is 1.44. The molecule has 1 heterocycles. The lowest BCUT2D eigenvalue weighted by atomic mass is 9.73. The van der Waals surface area contributed by atoms with Crippen molar-refractivity contribution in [3.8, 4) is 0 Å². The van der Waals surface area contributed by atoms with Crippen LogP contribution < -0.4 is 0 Å². The molecule has 134 valence electrons. The van der Waals surface area contributed by atoms with Gasteiger partial charge in [-0.2, -0.15) is 11.1 Å². The molecule has 2 fully saturated rings. The van der Waals surface area contributed by atoms with Crippen molar-refractivity contribution >= 4 is 19.2 Å². The van der Waals surface area contributed by atoms with Gasteiger partial charge in [-0.25, -0.2) is 13.2 Å². The lowest BCUT2D eigenvalue weighted by molar-refractivity contribution is 0.187. The monoisotopic (exact) mass is 374 g/mol. The summed E-state index contributed by atoms with van der Waals surface area (Å²) in [6.07, 6.45) is 9.26. The molecule has 3 rings (SSSR count). The van der Waals surface area contributed by atoms with Crippen LogP contribution in [0.4, 0.5) is 13.2 Å². The zero-order chi connectivity index (χ0) is 17.1. The van der Waals surface area contributed by atoms with Gasteiger partial charge in [-0.05, 0) is 73.2 Å². The van der Waals surface area contributed by atoms with Crippen LogP contribution in [0.1, 0.15) is 50.5 Å². The third kappa shape index (κ3) is 4.57. The van der Waals surface area contributed by atoms with Gasteiger partial charge in [0.15, 0.2) is 17.5 Å². The fourth-order valence-corrected chi connectivity index (χ4v) is 7.25. The number of hydrogen-bond acceptors (Lipinski definition) is 0. The largest absolute Gasteiger partial charge is 0.204 e. The van der Waals surface area contributed by atoms with Gasteiger partial charge in [-0.15, -0.1) is 0 Å². The summed E-state index contributed by atoms with van der Waals surface area (Å²) >= 11 is 6.34. The Hall–Kier alpha value is -0.483. The quantitative estimate of drug-likeness (QED) is 0.333. The number of aryl methyl sites for hydroxylation is 1. The molecule has 0 bridgehead atoms. The Morgan fingerprint density at radius 2 is 1.42 bits per heavy atom. The van der Waals surface area contributed by atoms with Gasteiger partial charge in [0.1, 0.15) is 8.11 Å². The fraction of sp³-hybridized carbons (Fsp3) is 0.684. The van der Waals surface area contributed by atoms with Crippen molar-refractivity contribution in [1.29, 1.82) is 0 Å². The molecule has 1 saturated carbocycles. The molecule has 0 atom stereocenters. The van der Waals surface area contributed by atoms with Crippen LogP contribution in [0, 0.1) is 35.2 Å². The van der Waals surface area contributed by atoms with Crippen LogP contribution in [0.25, 0.3) is 0 Å². The first-order valence-corrected chi connectivity index (χ1v) is 12.7. The molecule has 1 aromatic rings. The number of rotatable bonds is 4. The van der Waals surface area contributed by atoms with Gasteiger partial charge in [0.2, 0.25) is 0 Å². The van der Waals surface area contributed by atoms with E-state index in [9.17, 15) is 13.2 Å². The topological polar surface area (TPSA) is 0 Å². The van der Waals surface area contributed by atoms with Crippen molar-refractivity contribution in [3.63, 3.8) is 0 Å². The lowest BCUT2D eigenvalue weighted by Gasteiger charge is -2.36. The number of halogens is 4. The first kappa shape index (κ1) is 18.3. The van der Waals surface area contributed by atoms with E-state index in [1.807, 2.05) is 0 Å². The molecule has 1 aliphatic heterocycles. The highest BCUT2D eigenvalue weighted by atomic mass is 35.6. The van der Waals surface area contributed by atoms with Gasteiger partial charge in [0, 0.05) is 0 Å². The second-order valence-corrected chi connectivity index (χ2v) is 11.9. The maximum atomic E-state index is 13.3. The second-order valence-electron chi connectivity index (χ2n) is 7.70. The Morgan fingerprint density at radius 3 is 2.00 bits per heavy atom. The molecule has 24 heavy (non-hydrogen) atoms. The summed E-state index contributed by atoms with van der Waals surface area (Å²) in [7, 11) is -0.874. The average Bonchev–Trinajstić information content (AvgIpc) is 2.59. The predicted octanol–water partition coefficient (Wildman–Crippen LogP) is 6.22. The molecule has 0 N–H and O–H groups in total. The molecule has 1 aromatic carbocycles. The van der Waals surface area contributed by atoms with Crippen molar-refractivity contribution in [2.75, 3.05) is 0 Å². The zero-order valence-electron chi connectivity index (χ0n) is 14.0. The van der Waals surface area contributed by atoms with Crippen LogP contribution in [0.15, 0.2) is 12.1 Å². The Kier molecular flexibility index (Phi) is 6.31. The van der Waals surface area contributed by atoms with E-state index >= 15 is 0 Å². The third-order valence-electron chi connectivity index (χ3n) is 6.14. The van der Waals surface area contributed by atoms with Gasteiger partial charge < -0.3 is 0 Å². The number of hydrogen-bond donors (Lipinski definition) is 0. The van der Waals surface area contributed by atoms with Gasteiger partial charge in [0.25, 0.3) is 0 Å². The zero-order valence-corrected chi connectivity index (χ0v) is 16.0. The van der Waals surface area contributed by atoms with E-state index in [1.54, 1.807) is 0 Å². The summed E-state index contributed by atoms with van der Waals surface area (Å²) in [5.74, 6) is -1.14. The minimum absolute atomic E-state index is 0.568. The summed E-state index contributed by atoms with van der Waals surface area (Å²) < 4.78 is 39.5. The first-order chi connectivity index (χ1) is 11.5. The maximum absolute atomic E-state index is 13.3. The van der Waals surface area contributed by atoms with Crippen LogP contribution in [-0.2, 0) is 6.42 Å². The van der Waals surface area contributed by atoms with Crippen LogP contribution in [-0.4, -0.2) is 8.11 Å². The molecule has 0 nitrogen and oxygen atoms in total. The SMILES string of the molecule is Fc1cc(CC[C@H]2CC[C@H](C3CC[SiH](Cl)CC3)CC2)cc(F)c1F. The highest BCUT2D eigenvalue weighted by Crippen LogP contribution is 2.41. The highest BCUT2D eigenvalue weighted by molar-refractivity contribution is 7.07. The van der Waals surface area contributed by atoms with Crippen molar-refractivity contribution in [2.45, 2.75) is 63.5 Å². The van der Waals surface area contributed by atoms with Crippen molar-refractivity contribution in [3.05, 3.63) is 35.1 Å². The average molecular weight is 375 g/mol. The Labute approximate surface area is 149 Å². The van der Waals surface area contributed by atoms with E-state index in [0.717, 1.165) is 30.4 Å². The molecule has 1 aliphatic carbocycles. The molecular weight excluding hydrogens is 349 g/mol. The van der Waals surface area contributed by atoms with Crippen LogP contribution >= 0.6 is 11.1 Å². The van der Waals surface area contributed by atoms with Gasteiger partial charge in [-0.3, -0.25) is 0 Å². The lowest BCUT2D eigenvalue weighted by Crippen LogP contribution is -2.26. The molecule has 0 aromatic heterocycles. The summed E-state index contributed by atoms with van der Waals surface area (Å²) in [6.45, 7) is 0. The van der Waals surface area contributed by atoms with Crippen molar-refractivity contribution in [2.24, 2.45) is 17.8 Å². The second kappa shape index (κ2) is 8.26. The molecule has 0 amide bonds. The van der Waals surface area contributed by atoms with E-state index < -0.39 is 25.6 Å². The van der Waals surface area contributed by atoms with E-state index in [1.165, 1.54) is 50.6 Å². The third-order valence-corrected chi connectivity index (χ3v) is 9.37. The van der Waals surface area contributed by atoms with Crippen LogP contribution in [0.3, 0.4) is 0 Å². The first-order valence-electron chi connectivity index (χ1n) is 9.30. The predicted molar refractivity (Wildman–Crippen MR) is 95.4 cm³/mol. The molecule has 5 heteroatoms.